The number of rotatable bonds is 4. The summed E-state index contributed by atoms with van der Waals surface area (Å²) >= 11 is 0. The van der Waals surface area contributed by atoms with Gasteiger partial charge in [0.2, 0.25) is 0 Å². The first-order valence-corrected chi connectivity index (χ1v) is 5.16. The second-order valence-corrected chi connectivity index (χ2v) is 3.37. The smallest absolute Gasteiger partial charge is 0.187 e. The molecule has 0 aliphatic carbocycles. The van der Waals surface area contributed by atoms with E-state index in [1.54, 1.807) is 36.4 Å². The summed E-state index contributed by atoms with van der Waals surface area (Å²) in [4.78, 5) is 11.9. The van der Waals surface area contributed by atoms with Gasteiger partial charge in [-0.1, -0.05) is 0 Å². The first kappa shape index (κ1) is 13.9. The van der Waals surface area contributed by atoms with Crippen LogP contribution in [-0.4, -0.2) is 18.8 Å². The van der Waals surface area contributed by atoms with Crippen molar-refractivity contribution in [1.82, 2.24) is 0 Å². The molecular formula is C14H9N3O2. The topological polar surface area (TPSA) is 97.7 Å². The van der Waals surface area contributed by atoms with Gasteiger partial charge in [0.1, 0.15) is 23.5 Å². The van der Waals surface area contributed by atoms with E-state index in [4.69, 9.17) is 20.7 Å². The highest BCUT2D eigenvalue weighted by Crippen LogP contribution is 2.13. The third-order valence-corrected chi connectivity index (χ3v) is 2.28. The normalized spacial score (nSPS) is 9.74. The minimum absolute atomic E-state index is 0.182. The molecule has 0 aromatic heterocycles. The number of nitrogens with zero attached hydrogens (tertiary/aromatic N) is 2. The van der Waals surface area contributed by atoms with Crippen LogP contribution < -0.4 is 4.74 Å². The van der Waals surface area contributed by atoms with Crippen molar-refractivity contribution in [2.75, 3.05) is 7.11 Å². The Morgan fingerprint density at radius 1 is 1.26 bits per heavy atom. The molecule has 5 heteroatoms. The largest absolute Gasteiger partial charge is 0.497 e. The maximum atomic E-state index is 11.9. The Bertz CT molecular complexity index is 651. The summed E-state index contributed by atoms with van der Waals surface area (Å²) in [6.07, 6.45) is 1.02. The molecule has 5 nitrogen and oxygen atoms in total. The van der Waals surface area contributed by atoms with E-state index in [1.807, 2.05) is 5.87 Å². The minimum Gasteiger partial charge on any atom is -0.497 e. The predicted octanol–water partition coefficient (Wildman–Crippen LogP) is 2.03. The maximum Gasteiger partial charge on any atom is 0.187 e. The van der Waals surface area contributed by atoms with Crippen LogP contribution in [-0.2, 0) is 0 Å². The van der Waals surface area contributed by atoms with Crippen molar-refractivity contribution >= 4 is 11.7 Å². The molecule has 0 saturated carbocycles. The van der Waals surface area contributed by atoms with Crippen LogP contribution in [0.3, 0.4) is 0 Å². The van der Waals surface area contributed by atoms with Gasteiger partial charge in [-0.25, -0.2) is 0 Å². The molecule has 0 atom stereocenters. The molecule has 92 valence electrons. The Labute approximate surface area is 110 Å². The van der Waals surface area contributed by atoms with E-state index in [9.17, 15) is 4.79 Å². The Kier molecular flexibility index (Phi) is 4.81. The van der Waals surface area contributed by atoms with Gasteiger partial charge >= 0.3 is 0 Å². The van der Waals surface area contributed by atoms with Crippen molar-refractivity contribution in [1.29, 1.82) is 15.9 Å². The van der Waals surface area contributed by atoms with Crippen molar-refractivity contribution in [2.24, 2.45) is 0 Å². The van der Waals surface area contributed by atoms with Crippen molar-refractivity contribution in [3.63, 3.8) is 0 Å². The molecule has 0 aliphatic heterocycles. The summed E-state index contributed by atoms with van der Waals surface area (Å²) in [6, 6.07) is 9.66. The molecule has 1 N–H and O–H groups in total. The van der Waals surface area contributed by atoms with Gasteiger partial charge in [0.25, 0.3) is 0 Å². The van der Waals surface area contributed by atoms with E-state index >= 15 is 0 Å². The number of ketones is 1. The van der Waals surface area contributed by atoms with E-state index in [1.165, 1.54) is 7.11 Å². The zero-order chi connectivity index (χ0) is 14.3. The number of carbonyl (C=O) groups excluding carboxylic acids is 1. The Hall–Kier alpha value is -3.14. The average molecular weight is 251 g/mol. The highest BCUT2D eigenvalue weighted by atomic mass is 16.5. The van der Waals surface area contributed by atoms with Crippen LogP contribution in [0.4, 0.5) is 0 Å². The van der Waals surface area contributed by atoms with E-state index < -0.39 is 5.78 Å². The number of methoxy groups -OCH3 is 1. The molecule has 1 aromatic rings. The van der Waals surface area contributed by atoms with E-state index in [0.29, 0.717) is 11.3 Å². The van der Waals surface area contributed by atoms with Crippen LogP contribution in [0.15, 0.2) is 41.5 Å². The molecule has 0 aliphatic rings. The summed E-state index contributed by atoms with van der Waals surface area (Å²) in [6.45, 7) is 0. The number of hydrogen-bond donors (Lipinski definition) is 1. The second kappa shape index (κ2) is 6.56. The lowest BCUT2D eigenvalue weighted by atomic mass is 10.0. The predicted molar refractivity (Wildman–Crippen MR) is 67.9 cm³/mol. The number of ether oxygens (including phenoxy) is 1. The van der Waals surface area contributed by atoms with Gasteiger partial charge < -0.3 is 4.74 Å². The Balaban J connectivity index is 3.10. The Morgan fingerprint density at radius 3 is 2.32 bits per heavy atom. The van der Waals surface area contributed by atoms with Gasteiger partial charge in [-0.15, -0.1) is 0 Å². The fourth-order valence-corrected chi connectivity index (χ4v) is 1.29. The number of hydrogen-bond acceptors (Lipinski definition) is 5. The molecule has 0 spiro atoms. The average Bonchev–Trinajstić information content (AvgIpc) is 2.47. The highest BCUT2D eigenvalue weighted by molar-refractivity contribution is 6.06. The number of allylic oxidation sites excluding steroid dienone is 3. The van der Waals surface area contributed by atoms with E-state index in [2.05, 4.69) is 0 Å². The third-order valence-electron chi connectivity index (χ3n) is 2.28. The molecule has 0 heterocycles. The first-order valence-electron chi connectivity index (χ1n) is 5.16. The summed E-state index contributed by atoms with van der Waals surface area (Å²) in [5, 5.41) is 24.4. The second-order valence-electron chi connectivity index (χ2n) is 3.37. The summed E-state index contributed by atoms with van der Waals surface area (Å²) < 4.78 is 4.96. The molecule has 0 fully saturated rings. The minimum atomic E-state index is -0.429. The summed E-state index contributed by atoms with van der Waals surface area (Å²) in [5.41, 5.74) is -0.0986. The van der Waals surface area contributed by atoms with Crippen LogP contribution in [0, 0.1) is 28.1 Å². The zero-order valence-corrected chi connectivity index (χ0v) is 10.1. The molecule has 19 heavy (non-hydrogen) atoms. The van der Waals surface area contributed by atoms with Crippen molar-refractivity contribution in [2.45, 2.75) is 0 Å². The lowest BCUT2D eigenvalue weighted by Crippen LogP contribution is -1.97. The van der Waals surface area contributed by atoms with Gasteiger partial charge in [0.15, 0.2) is 5.78 Å². The number of nitriles is 2. The van der Waals surface area contributed by atoms with Gasteiger partial charge in [-0.05, 0) is 30.1 Å². The molecule has 1 rings (SSSR count). The van der Waals surface area contributed by atoms with Crippen LogP contribution in [0.5, 0.6) is 5.75 Å². The van der Waals surface area contributed by atoms with Crippen LogP contribution >= 0.6 is 0 Å². The maximum absolute atomic E-state index is 11.9. The summed E-state index contributed by atoms with van der Waals surface area (Å²) in [5.74, 6) is 2.00. The molecular weight excluding hydrogens is 242 g/mol. The molecule has 0 bridgehead atoms. The number of benzene rings is 1. The first-order chi connectivity index (χ1) is 9.15. The molecule has 0 amide bonds. The zero-order valence-electron chi connectivity index (χ0n) is 10.1. The molecule has 0 unspecified atom stereocenters. The van der Waals surface area contributed by atoms with E-state index in [0.717, 1.165) is 6.08 Å². The number of nitrogens with one attached hydrogen (secondary N) is 1. The van der Waals surface area contributed by atoms with Gasteiger partial charge in [-0.2, -0.15) is 10.5 Å². The van der Waals surface area contributed by atoms with E-state index in [-0.39, 0.29) is 11.1 Å². The molecule has 0 radical (unpaired) electrons. The van der Waals surface area contributed by atoms with Gasteiger partial charge in [0, 0.05) is 11.6 Å². The lowest BCUT2D eigenvalue weighted by Gasteiger charge is -2.00. The SMILES string of the molecule is COc1ccc(C(=O)C=C(C#N)C(=C=N)C#N)cc1. The monoisotopic (exact) mass is 251 g/mol. The fraction of sp³-hybridized carbons (Fsp3) is 0.0714. The fourth-order valence-electron chi connectivity index (χ4n) is 1.29. The van der Waals surface area contributed by atoms with Crippen LogP contribution in [0.2, 0.25) is 0 Å². The van der Waals surface area contributed by atoms with Crippen molar-refractivity contribution < 1.29 is 9.53 Å². The molecule has 0 saturated heterocycles. The number of carbonyl (C=O) groups is 1. The standard InChI is InChI=1S/C14H9N3O2/c1-19-13-4-2-10(3-5-13)14(18)6-11(7-15)12(8-16)9-17/h2-6,16H,1H3. The Morgan fingerprint density at radius 2 is 1.89 bits per heavy atom. The van der Waals surface area contributed by atoms with Crippen molar-refractivity contribution in [3.05, 3.63) is 47.1 Å². The highest BCUT2D eigenvalue weighted by Gasteiger charge is 2.09. The summed E-state index contributed by atoms with van der Waals surface area (Å²) in [7, 11) is 1.51. The van der Waals surface area contributed by atoms with Gasteiger partial charge in [-0.3, -0.25) is 10.2 Å². The van der Waals surface area contributed by atoms with Gasteiger partial charge in [0.05, 0.1) is 12.7 Å². The van der Waals surface area contributed by atoms with Crippen molar-refractivity contribution in [3.8, 4) is 17.9 Å². The van der Waals surface area contributed by atoms with Crippen LogP contribution in [0.1, 0.15) is 10.4 Å². The lowest BCUT2D eigenvalue weighted by molar-refractivity contribution is 0.104. The third kappa shape index (κ3) is 3.41. The van der Waals surface area contributed by atoms with Crippen LogP contribution in [0.25, 0.3) is 0 Å². The molecule has 1 aromatic carbocycles. The quantitative estimate of drug-likeness (QED) is 0.291.